The van der Waals surface area contributed by atoms with E-state index in [1.165, 1.54) is 4.31 Å². The van der Waals surface area contributed by atoms with Crippen LogP contribution >= 0.6 is 0 Å². The van der Waals surface area contributed by atoms with E-state index in [1.807, 2.05) is 25.1 Å². The maximum Gasteiger partial charge on any atom is 0.224 e. The molecule has 1 saturated heterocycles. The Morgan fingerprint density at radius 2 is 1.96 bits per heavy atom. The van der Waals surface area contributed by atoms with Crippen molar-refractivity contribution in [3.8, 4) is 0 Å². The molecule has 1 aromatic rings. The quantitative estimate of drug-likeness (QED) is 0.809. The number of rotatable bonds is 7. The number of benzene rings is 1. The van der Waals surface area contributed by atoms with E-state index in [0.717, 1.165) is 31.2 Å². The molecule has 1 amide bonds. The van der Waals surface area contributed by atoms with Crippen LogP contribution in [0.5, 0.6) is 0 Å². The third-order valence-electron chi connectivity index (χ3n) is 5.16. The summed E-state index contributed by atoms with van der Waals surface area (Å²) >= 11 is 0. The highest BCUT2D eigenvalue weighted by molar-refractivity contribution is 7.89. The number of hydrogen-bond donors (Lipinski definition) is 1. The van der Waals surface area contributed by atoms with Crippen LogP contribution in [-0.4, -0.2) is 37.5 Å². The Kier molecular flexibility index (Phi) is 5.79. The third kappa shape index (κ3) is 4.61. The number of nitrogens with zero attached hydrogens (tertiary/aromatic N) is 1. The van der Waals surface area contributed by atoms with E-state index < -0.39 is 10.0 Å². The van der Waals surface area contributed by atoms with Crippen molar-refractivity contribution in [3.05, 3.63) is 35.9 Å². The number of piperidine rings is 1. The fourth-order valence-electron chi connectivity index (χ4n) is 3.63. The van der Waals surface area contributed by atoms with E-state index in [0.29, 0.717) is 25.4 Å². The van der Waals surface area contributed by atoms with E-state index in [2.05, 4.69) is 17.4 Å². The summed E-state index contributed by atoms with van der Waals surface area (Å²) in [6.07, 6.45) is 4.40. The first-order valence-electron chi connectivity index (χ1n) is 9.34. The maximum atomic E-state index is 12.8. The minimum atomic E-state index is -3.23. The van der Waals surface area contributed by atoms with Crippen LogP contribution in [0.25, 0.3) is 0 Å². The monoisotopic (exact) mass is 364 g/mol. The molecule has 6 heteroatoms. The molecule has 5 nitrogen and oxygen atoms in total. The molecule has 1 aliphatic carbocycles. The van der Waals surface area contributed by atoms with Crippen molar-refractivity contribution in [2.45, 2.75) is 45.1 Å². The molecule has 0 radical (unpaired) electrons. The summed E-state index contributed by atoms with van der Waals surface area (Å²) in [5.74, 6) is 0.424. The predicted octanol–water partition coefficient (Wildman–Crippen LogP) is 2.71. The normalized spacial score (nSPS) is 23.2. The average molecular weight is 365 g/mol. The maximum absolute atomic E-state index is 12.8. The lowest BCUT2D eigenvalue weighted by Gasteiger charge is -2.32. The van der Waals surface area contributed by atoms with Crippen LogP contribution in [-0.2, 0) is 14.8 Å². The first kappa shape index (κ1) is 18.4. The molecule has 1 aliphatic heterocycles. The SMILES string of the molecule is CCCS(=O)(=O)N1CCC[C@@H](C(=O)N[C@@H](c2ccccc2)C2CC2)C1. The summed E-state index contributed by atoms with van der Waals surface area (Å²) < 4.78 is 26.1. The Morgan fingerprint density at radius 1 is 1.24 bits per heavy atom. The summed E-state index contributed by atoms with van der Waals surface area (Å²) in [7, 11) is -3.23. The van der Waals surface area contributed by atoms with Crippen LogP contribution in [0, 0.1) is 11.8 Å². The van der Waals surface area contributed by atoms with Gasteiger partial charge in [-0.1, -0.05) is 37.3 Å². The van der Waals surface area contributed by atoms with Crippen LogP contribution in [0.4, 0.5) is 0 Å². The van der Waals surface area contributed by atoms with Gasteiger partial charge < -0.3 is 5.32 Å². The average Bonchev–Trinajstić information content (AvgIpc) is 3.45. The molecular formula is C19H28N2O3S. The number of hydrogen-bond acceptors (Lipinski definition) is 3. The van der Waals surface area contributed by atoms with Gasteiger partial charge in [-0.05, 0) is 43.6 Å². The molecule has 1 saturated carbocycles. The van der Waals surface area contributed by atoms with Gasteiger partial charge in [0, 0.05) is 13.1 Å². The third-order valence-corrected chi connectivity index (χ3v) is 7.20. The molecule has 0 bridgehead atoms. The van der Waals surface area contributed by atoms with Crippen molar-refractivity contribution in [1.82, 2.24) is 9.62 Å². The molecule has 1 heterocycles. The Morgan fingerprint density at radius 3 is 2.60 bits per heavy atom. The second-order valence-corrected chi connectivity index (χ2v) is 9.34. The van der Waals surface area contributed by atoms with Gasteiger partial charge in [-0.3, -0.25) is 4.79 Å². The van der Waals surface area contributed by atoms with E-state index in [4.69, 9.17) is 0 Å². The fourth-order valence-corrected chi connectivity index (χ4v) is 5.22. The standard InChI is InChI=1S/C19H28N2O3S/c1-2-13-25(23,24)21-12-6-9-17(14-21)19(22)20-18(16-10-11-16)15-7-4-3-5-8-15/h3-5,7-8,16-18H,2,6,9-14H2,1H3,(H,20,22)/t17-,18+/m1/s1. The smallest absolute Gasteiger partial charge is 0.224 e. The molecule has 2 fully saturated rings. The summed E-state index contributed by atoms with van der Waals surface area (Å²) in [6.45, 7) is 2.73. The minimum absolute atomic E-state index is 0.00264. The Balaban J connectivity index is 1.66. The molecule has 2 aliphatic rings. The van der Waals surface area contributed by atoms with E-state index in [1.54, 1.807) is 0 Å². The van der Waals surface area contributed by atoms with Crippen molar-refractivity contribution < 1.29 is 13.2 Å². The predicted molar refractivity (Wildman–Crippen MR) is 98.4 cm³/mol. The highest BCUT2D eigenvalue weighted by Crippen LogP contribution is 2.41. The second kappa shape index (κ2) is 7.87. The molecule has 0 spiro atoms. The van der Waals surface area contributed by atoms with Crippen molar-refractivity contribution in [2.75, 3.05) is 18.8 Å². The minimum Gasteiger partial charge on any atom is -0.349 e. The van der Waals surface area contributed by atoms with E-state index in [9.17, 15) is 13.2 Å². The summed E-state index contributed by atoms with van der Waals surface area (Å²) in [5.41, 5.74) is 1.14. The van der Waals surface area contributed by atoms with Crippen molar-refractivity contribution >= 4 is 15.9 Å². The molecule has 1 N–H and O–H groups in total. The summed E-state index contributed by atoms with van der Waals surface area (Å²) in [4.78, 5) is 12.8. The first-order valence-corrected chi connectivity index (χ1v) is 11.0. The van der Waals surface area contributed by atoms with Crippen molar-refractivity contribution in [1.29, 1.82) is 0 Å². The topological polar surface area (TPSA) is 66.5 Å². The van der Waals surface area contributed by atoms with Crippen LogP contribution in [0.3, 0.4) is 0 Å². The fraction of sp³-hybridized carbons (Fsp3) is 0.632. The highest BCUT2D eigenvalue weighted by Gasteiger charge is 2.37. The zero-order chi connectivity index (χ0) is 17.9. The van der Waals surface area contributed by atoms with Gasteiger partial charge >= 0.3 is 0 Å². The molecule has 2 atom stereocenters. The first-order chi connectivity index (χ1) is 12.0. The molecule has 25 heavy (non-hydrogen) atoms. The van der Waals surface area contributed by atoms with Gasteiger partial charge in [0.2, 0.25) is 15.9 Å². The van der Waals surface area contributed by atoms with Gasteiger partial charge in [0.1, 0.15) is 0 Å². The highest BCUT2D eigenvalue weighted by atomic mass is 32.2. The Bertz CT molecular complexity index is 686. The van der Waals surface area contributed by atoms with Crippen LogP contribution in [0.2, 0.25) is 0 Å². The molecular weight excluding hydrogens is 336 g/mol. The zero-order valence-corrected chi connectivity index (χ0v) is 15.7. The lowest BCUT2D eigenvalue weighted by atomic mass is 9.96. The van der Waals surface area contributed by atoms with Crippen molar-refractivity contribution in [3.63, 3.8) is 0 Å². The molecule has 0 unspecified atom stereocenters. The zero-order valence-electron chi connectivity index (χ0n) is 14.9. The van der Waals surface area contributed by atoms with Crippen LogP contribution in [0.1, 0.15) is 50.6 Å². The number of carbonyl (C=O) groups excluding carboxylic acids is 1. The number of sulfonamides is 1. The van der Waals surface area contributed by atoms with Gasteiger partial charge in [-0.2, -0.15) is 0 Å². The molecule has 3 rings (SSSR count). The van der Waals surface area contributed by atoms with Gasteiger partial charge in [0.25, 0.3) is 0 Å². The number of carbonyl (C=O) groups is 1. The van der Waals surface area contributed by atoms with E-state index >= 15 is 0 Å². The number of amides is 1. The van der Waals surface area contributed by atoms with Crippen LogP contribution < -0.4 is 5.32 Å². The molecule has 0 aromatic heterocycles. The summed E-state index contributed by atoms with van der Waals surface area (Å²) in [6, 6.07) is 10.1. The Hall–Kier alpha value is -1.40. The number of nitrogens with one attached hydrogen (secondary N) is 1. The summed E-state index contributed by atoms with van der Waals surface area (Å²) in [5, 5.41) is 3.21. The molecule has 1 aromatic carbocycles. The van der Waals surface area contributed by atoms with E-state index in [-0.39, 0.29) is 23.6 Å². The second-order valence-electron chi connectivity index (χ2n) is 7.25. The van der Waals surface area contributed by atoms with Gasteiger partial charge in [0.05, 0.1) is 17.7 Å². The largest absolute Gasteiger partial charge is 0.349 e. The van der Waals surface area contributed by atoms with Gasteiger partial charge in [0.15, 0.2) is 0 Å². The molecule has 138 valence electrons. The van der Waals surface area contributed by atoms with Crippen molar-refractivity contribution in [2.24, 2.45) is 11.8 Å². The lowest BCUT2D eigenvalue weighted by molar-refractivity contribution is -0.127. The van der Waals surface area contributed by atoms with Gasteiger partial charge in [-0.25, -0.2) is 12.7 Å². The van der Waals surface area contributed by atoms with Gasteiger partial charge in [-0.15, -0.1) is 0 Å². The Labute approximate surface area is 150 Å². The van der Waals surface area contributed by atoms with Crippen LogP contribution in [0.15, 0.2) is 30.3 Å². The lowest BCUT2D eigenvalue weighted by Crippen LogP contribution is -2.46.